The van der Waals surface area contributed by atoms with Crippen molar-refractivity contribution in [2.75, 3.05) is 19.8 Å². The van der Waals surface area contributed by atoms with Crippen molar-refractivity contribution in [1.29, 1.82) is 0 Å². The molecule has 1 N–H and O–H groups in total. The molecule has 2 aliphatic carbocycles. The first-order chi connectivity index (χ1) is 9.65. The quantitative estimate of drug-likeness (QED) is 0.829. The molecule has 1 saturated heterocycles. The molecule has 3 fully saturated rings. The van der Waals surface area contributed by atoms with E-state index in [0.29, 0.717) is 24.8 Å². The molecule has 5 nitrogen and oxygen atoms in total. The van der Waals surface area contributed by atoms with Crippen molar-refractivity contribution in [1.82, 2.24) is 4.90 Å². The maximum atomic E-state index is 12.7. The van der Waals surface area contributed by atoms with Gasteiger partial charge in [-0.15, -0.1) is 0 Å². The second kappa shape index (κ2) is 5.72. The zero-order valence-corrected chi connectivity index (χ0v) is 11.8. The second-order valence-corrected chi connectivity index (χ2v) is 6.50. The summed E-state index contributed by atoms with van der Waals surface area (Å²) in [6.45, 7) is 2.37. The number of ether oxygens (including phenoxy) is 1. The van der Waals surface area contributed by atoms with Gasteiger partial charge in [0.25, 0.3) is 0 Å². The SMILES string of the molecule is O=C(O)[C@H]1CC[C@@H](C(=O)N(CC2CCOC2)C2CC2)C1. The average molecular weight is 281 g/mol. The van der Waals surface area contributed by atoms with E-state index in [1.165, 1.54) is 0 Å². The molecule has 112 valence electrons. The number of carboxylic acid groups (broad SMARTS) is 1. The maximum Gasteiger partial charge on any atom is 0.306 e. The molecule has 3 rings (SSSR count). The zero-order chi connectivity index (χ0) is 14.1. The number of carboxylic acids is 1. The minimum Gasteiger partial charge on any atom is -0.481 e. The summed E-state index contributed by atoms with van der Waals surface area (Å²) in [7, 11) is 0. The van der Waals surface area contributed by atoms with Crippen molar-refractivity contribution in [3.8, 4) is 0 Å². The number of carbonyl (C=O) groups is 2. The van der Waals surface area contributed by atoms with Gasteiger partial charge in [0.15, 0.2) is 0 Å². The van der Waals surface area contributed by atoms with Crippen LogP contribution in [0, 0.1) is 17.8 Å². The lowest BCUT2D eigenvalue weighted by atomic mass is 10.0. The van der Waals surface area contributed by atoms with Crippen LogP contribution in [0.15, 0.2) is 0 Å². The first-order valence-corrected chi connectivity index (χ1v) is 7.76. The number of aliphatic carboxylic acids is 1. The first-order valence-electron chi connectivity index (χ1n) is 7.76. The predicted molar refractivity (Wildman–Crippen MR) is 72.1 cm³/mol. The van der Waals surface area contributed by atoms with Crippen molar-refractivity contribution < 1.29 is 19.4 Å². The molecule has 0 radical (unpaired) electrons. The van der Waals surface area contributed by atoms with Crippen LogP contribution in [0.2, 0.25) is 0 Å². The van der Waals surface area contributed by atoms with Crippen molar-refractivity contribution in [3.05, 3.63) is 0 Å². The Hall–Kier alpha value is -1.10. The normalized spacial score (nSPS) is 33.3. The molecule has 1 unspecified atom stereocenters. The largest absolute Gasteiger partial charge is 0.481 e. The van der Waals surface area contributed by atoms with Crippen molar-refractivity contribution >= 4 is 11.9 Å². The lowest BCUT2D eigenvalue weighted by Crippen LogP contribution is -2.40. The molecule has 2 saturated carbocycles. The van der Waals surface area contributed by atoms with Gasteiger partial charge in [-0.05, 0) is 38.5 Å². The van der Waals surface area contributed by atoms with E-state index < -0.39 is 5.97 Å². The Morgan fingerprint density at radius 1 is 1.10 bits per heavy atom. The average Bonchev–Trinajstić information content (AvgIpc) is 2.95. The van der Waals surface area contributed by atoms with Crippen LogP contribution in [-0.4, -0.2) is 47.7 Å². The van der Waals surface area contributed by atoms with E-state index in [9.17, 15) is 9.59 Å². The fourth-order valence-corrected chi connectivity index (χ4v) is 3.48. The zero-order valence-electron chi connectivity index (χ0n) is 11.8. The van der Waals surface area contributed by atoms with Gasteiger partial charge in [-0.25, -0.2) is 0 Å². The van der Waals surface area contributed by atoms with Gasteiger partial charge in [-0.1, -0.05) is 0 Å². The number of rotatable bonds is 5. The Balaban J connectivity index is 1.59. The maximum absolute atomic E-state index is 12.7. The minimum atomic E-state index is -0.748. The molecule has 0 bridgehead atoms. The number of hydrogen-bond acceptors (Lipinski definition) is 3. The van der Waals surface area contributed by atoms with E-state index in [4.69, 9.17) is 9.84 Å². The standard InChI is InChI=1S/C15H23NO4/c17-14(11-1-2-12(7-11)15(18)19)16(13-3-4-13)8-10-5-6-20-9-10/h10-13H,1-9H2,(H,18,19)/t10?,11-,12+/m1/s1. The molecule has 0 aromatic rings. The van der Waals surface area contributed by atoms with Gasteiger partial charge in [0.2, 0.25) is 5.91 Å². The molecule has 1 amide bonds. The van der Waals surface area contributed by atoms with Gasteiger partial charge >= 0.3 is 5.97 Å². The van der Waals surface area contributed by atoms with Gasteiger partial charge < -0.3 is 14.7 Å². The highest BCUT2D eigenvalue weighted by molar-refractivity contribution is 5.81. The second-order valence-electron chi connectivity index (χ2n) is 6.50. The van der Waals surface area contributed by atoms with E-state index in [-0.39, 0.29) is 17.7 Å². The summed E-state index contributed by atoms with van der Waals surface area (Å²) in [6.07, 6.45) is 5.16. The van der Waals surface area contributed by atoms with E-state index in [0.717, 1.165) is 45.4 Å². The molecular formula is C15H23NO4. The molecule has 0 aromatic heterocycles. The molecule has 0 spiro atoms. The topological polar surface area (TPSA) is 66.8 Å². The van der Waals surface area contributed by atoms with E-state index in [2.05, 4.69) is 0 Å². The van der Waals surface area contributed by atoms with Crippen LogP contribution in [0.5, 0.6) is 0 Å². The first kappa shape index (κ1) is 13.9. The molecule has 1 aliphatic heterocycles. The fraction of sp³-hybridized carbons (Fsp3) is 0.867. The van der Waals surface area contributed by atoms with Gasteiger partial charge in [-0.2, -0.15) is 0 Å². The lowest BCUT2D eigenvalue weighted by molar-refractivity contribution is -0.141. The molecule has 1 heterocycles. The Bertz CT molecular complexity index is 387. The Morgan fingerprint density at radius 3 is 2.40 bits per heavy atom. The van der Waals surface area contributed by atoms with Crippen LogP contribution in [0.3, 0.4) is 0 Å². The smallest absolute Gasteiger partial charge is 0.306 e. The monoisotopic (exact) mass is 281 g/mol. The van der Waals surface area contributed by atoms with E-state index in [1.54, 1.807) is 0 Å². The lowest BCUT2D eigenvalue weighted by Gasteiger charge is -2.28. The molecule has 3 atom stereocenters. The Labute approximate surface area is 119 Å². The molecule has 20 heavy (non-hydrogen) atoms. The van der Waals surface area contributed by atoms with Crippen LogP contribution in [0.4, 0.5) is 0 Å². The van der Waals surface area contributed by atoms with E-state index in [1.807, 2.05) is 4.90 Å². The molecule has 0 aromatic carbocycles. The highest BCUT2D eigenvalue weighted by atomic mass is 16.5. The van der Waals surface area contributed by atoms with Crippen molar-refractivity contribution in [2.24, 2.45) is 17.8 Å². The minimum absolute atomic E-state index is 0.0704. The number of carbonyl (C=O) groups excluding carboxylic acids is 1. The van der Waals surface area contributed by atoms with Crippen LogP contribution >= 0.6 is 0 Å². The summed E-state index contributed by atoms with van der Waals surface area (Å²) >= 11 is 0. The van der Waals surface area contributed by atoms with Crippen LogP contribution in [-0.2, 0) is 14.3 Å². The number of hydrogen-bond donors (Lipinski definition) is 1. The van der Waals surface area contributed by atoms with Crippen LogP contribution < -0.4 is 0 Å². The van der Waals surface area contributed by atoms with E-state index >= 15 is 0 Å². The molecule has 3 aliphatic rings. The van der Waals surface area contributed by atoms with Crippen LogP contribution in [0.25, 0.3) is 0 Å². The van der Waals surface area contributed by atoms with Crippen LogP contribution in [0.1, 0.15) is 38.5 Å². The summed E-state index contributed by atoms with van der Waals surface area (Å²) in [5.74, 6) is -0.472. The van der Waals surface area contributed by atoms with Gasteiger partial charge in [0.1, 0.15) is 0 Å². The van der Waals surface area contributed by atoms with Gasteiger partial charge in [0, 0.05) is 31.0 Å². The summed E-state index contributed by atoms with van der Waals surface area (Å²) < 4.78 is 5.40. The fourth-order valence-electron chi connectivity index (χ4n) is 3.48. The number of amides is 1. The summed E-state index contributed by atoms with van der Waals surface area (Å²) in [6, 6.07) is 0.409. The third-order valence-corrected chi connectivity index (χ3v) is 4.88. The van der Waals surface area contributed by atoms with Gasteiger partial charge in [0.05, 0.1) is 12.5 Å². The van der Waals surface area contributed by atoms with Gasteiger partial charge in [-0.3, -0.25) is 9.59 Å². The highest BCUT2D eigenvalue weighted by Gasteiger charge is 2.41. The predicted octanol–water partition coefficient (Wildman–Crippen LogP) is 1.51. The number of nitrogens with zero attached hydrogens (tertiary/aromatic N) is 1. The summed E-state index contributed by atoms with van der Waals surface area (Å²) in [5, 5.41) is 9.06. The summed E-state index contributed by atoms with van der Waals surface area (Å²) in [5.41, 5.74) is 0. The molecular weight excluding hydrogens is 258 g/mol. The van der Waals surface area contributed by atoms with Crippen molar-refractivity contribution in [3.63, 3.8) is 0 Å². The summed E-state index contributed by atoms with van der Waals surface area (Å²) in [4.78, 5) is 25.7. The highest BCUT2D eigenvalue weighted by Crippen LogP contribution is 2.36. The third-order valence-electron chi connectivity index (χ3n) is 4.88. The molecule has 5 heteroatoms. The Kier molecular flexibility index (Phi) is 3.96. The van der Waals surface area contributed by atoms with Crippen molar-refractivity contribution in [2.45, 2.75) is 44.6 Å². The third kappa shape index (κ3) is 2.97. The Morgan fingerprint density at radius 2 is 1.85 bits per heavy atom.